The van der Waals surface area contributed by atoms with Crippen molar-refractivity contribution in [3.05, 3.63) is 74.5 Å². The zero-order valence-corrected chi connectivity index (χ0v) is 11.2. The van der Waals surface area contributed by atoms with Crippen molar-refractivity contribution >= 4 is 17.3 Å². The fourth-order valence-corrected chi connectivity index (χ4v) is 2.12. The molecule has 0 radical (unpaired) electrons. The number of nitro groups is 1. The van der Waals surface area contributed by atoms with Crippen molar-refractivity contribution < 1.29 is 9.31 Å². The predicted molar refractivity (Wildman–Crippen MR) is 75.1 cm³/mol. The molecule has 0 saturated heterocycles. The van der Waals surface area contributed by atoms with Crippen molar-refractivity contribution in [1.29, 1.82) is 0 Å². The maximum atomic E-state index is 13.5. The Hall–Kier alpha value is -1.98. The van der Waals surface area contributed by atoms with Gasteiger partial charge in [0.2, 0.25) is 0 Å². The zero-order chi connectivity index (χ0) is 14.7. The topological polar surface area (TPSA) is 69.2 Å². The number of hydrogen-bond donors (Lipinski definition) is 1. The number of nitro benzene ring substituents is 1. The van der Waals surface area contributed by atoms with Crippen molar-refractivity contribution in [1.82, 2.24) is 0 Å². The van der Waals surface area contributed by atoms with E-state index in [1.54, 1.807) is 0 Å². The highest BCUT2D eigenvalue weighted by Crippen LogP contribution is 2.29. The first-order chi connectivity index (χ1) is 9.49. The molecule has 2 aromatic carbocycles. The van der Waals surface area contributed by atoms with Crippen LogP contribution in [0.15, 0.2) is 42.5 Å². The van der Waals surface area contributed by atoms with Gasteiger partial charge in [-0.1, -0.05) is 41.9 Å². The molecule has 0 aromatic heterocycles. The Balaban J connectivity index is 2.33. The minimum atomic E-state index is -0.687. The van der Waals surface area contributed by atoms with Gasteiger partial charge in [-0.05, 0) is 18.1 Å². The molecule has 2 aromatic rings. The standard InChI is InChI=1S/C14H12ClFN2O2/c15-11-8-14(18(19)20)10(6-12(11)16)7-13(17)9-4-2-1-3-5-9/h1-6,8,13H,7,17H2. The lowest BCUT2D eigenvalue weighted by atomic mass is 9.98. The van der Waals surface area contributed by atoms with E-state index in [1.165, 1.54) is 0 Å². The molecule has 0 aliphatic carbocycles. The summed E-state index contributed by atoms with van der Waals surface area (Å²) in [5.74, 6) is -0.687. The lowest BCUT2D eigenvalue weighted by molar-refractivity contribution is -0.385. The van der Waals surface area contributed by atoms with Crippen LogP contribution < -0.4 is 5.73 Å². The van der Waals surface area contributed by atoms with Crippen molar-refractivity contribution in [3.63, 3.8) is 0 Å². The Morgan fingerprint density at radius 2 is 1.95 bits per heavy atom. The molecular formula is C14H12ClFN2O2. The maximum absolute atomic E-state index is 13.5. The van der Waals surface area contributed by atoms with Crippen LogP contribution in [0.2, 0.25) is 5.02 Å². The van der Waals surface area contributed by atoms with E-state index in [-0.39, 0.29) is 22.7 Å². The molecule has 0 saturated carbocycles. The lowest BCUT2D eigenvalue weighted by Crippen LogP contribution is -2.14. The van der Waals surface area contributed by atoms with Crippen LogP contribution >= 0.6 is 11.6 Å². The largest absolute Gasteiger partial charge is 0.324 e. The van der Waals surface area contributed by atoms with Crippen molar-refractivity contribution in [2.45, 2.75) is 12.5 Å². The molecule has 0 bridgehead atoms. The number of halogens is 2. The van der Waals surface area contributed by atoms with Crippen molar-refractivity contribution in [3.8, 4) is 0 Å². The van der Waals surface area contributed by atoms with Crippen LogP contribution in [0.4, 0.5) is 10.1 Å². The second-order valence-corrected chi connectivity index (χ2v) is 4.78. The SMILES string of the molecule is NC(Cc1cc(F)c(Cl)cc1[N+](=O)[O-])c1ccccc1. The molecule has 1 unspecified atom stereocenters. The average Bonchev–Trinajstić information content (AvgIpc) is 2.43. The lowest BCUT2D eigenvalue weighted by Gasteiger charge is -2.12. The second-order valence-electron chi connectivity index (χ2n) is 4.37. The third-order valence-electron chi connectivity index (χ3n) is 2.99. The molecule has 0 amide bonds. The van der Waals surface area contributed by atoms with Gasteiger partial charge in [0.15, 0.2) is 0 Å². The fraction of sp³-hybridized carbons (Fsp3) is 0.143. The summed E-state index contributed by atoms with van der Waals surface area (Å²) in [5.41, 5.74) is 6.85. The van der Waals surface area contributed by atoms with Crippen molar-refractivity contribution in [2.75, 3.05) is 0 Å². The number of nitrogens with two attached hydrogens (primary N) is 1. The Bertz CT molecular complexity index is 635. The molecule has 1 atom stereocenters. The summed E-state index contributed by atoms with van der Waals surface area (Å²) in [5, 5.41) is 10.7. The van der Waals surface area contributed by atoms with Crippen LogP contribution in [-0.2, 0) is 6.42 Å². The minimum Gasteiger partial charge on any atom is -0.324 e. The summed E-state index contributed by atoms with van der Waals surface area (Å²) in [4.78, 5) is 10.4. The number of nitrogens with zero attached hydrogens (tertiary/aromatic N) is 1. The first-order valence-electron chi connectivity index (χ1n) is 5.92. The quantitative estimate of drug-likeness (QED) is 0.691. The molecule has 4 nitrogen and oxygen atoms in total. The number of benzene rings is 2. The van der Waals surface area contributed by atoms with Crippen LogP contribution in [0.5, 0.6) is 0 Å². The molecule has 6 heteroatoms. The summed E-state index contributed by atoms with van der Waals surface area (Å²) in [6.45, 7) is 0. The first-order valence-corrected chi connectivity index (χ1v) is 6.29. The summed E-state index contributed by atoms with van der Waals surface area (Å²) < 4.78 is 13.5. The van der Waals surface area contributed by atoms with Crippen LogP contribution in [0.25, 0.3) is 0 Å². The van der Waals surface area contributed by atoms with Gasteiger partial charge in [0.25, 0.3) is 5.69 Å². The molecule has 104 valence electrons. The van der Waals surface area contributed by atoms with Gasteiger partial charge in [0, 0.05) is 17.7 Å². The van der Waals surface area contributed by atoms with Crippen LogP contribution in [-0.4, -0.2) is 4.92 Å². The predicted octanol–water partition coefficient (Wildman–Crippen LogP) is 3.63. The average molecular weight is 295 g/mol. The summed E-state index contributed by atoms with van der Waals surface area (Å²) >= 11 is 5.57. The highest BCUT2D eigenvalue weighted by Gasteiger charge is 2.20. The maximum Gasteiger partial charge on any atom is 0.274 e. The van der Waals surface area contributed by atoms with E-state index >= 15 is 0 Å². The monoisotopic (exact) mass is 294 g/mol. The second kappa shape index (κ2) is 5.98. The van der Waals surface area contributed by atoms with E-state index in [4.69, 9.17) is 17.3 Å². The highest BCUT2D eigenvalue weighted by atomic mass is 35.5. The Kier molecular flexibility index (Phi) is 4.32. The molecular weight excluding hydrogens is 283 g/mol. The smallest absolute Gasteiger partial charge is 0.274 e. The normalized spacial score (nSPS) is 12.2. The molecule has 0 heterocycles. The number of hydrogen-bond acceptors (Lipinski definition) is 3. The van der Waals surface area contributed by atoms with Gasteiger partial charge < -0.3 is 5.73 Å². The number of rotatable bonds is 4. The minimum absolute atomic E-state index is 0.161. The van der Waals surface area contributed by atoms with E-state index < -0.39 is 16.8 Å². The van der Waals surface area contributed by atoms with Gasteiger partial charge in [-0.25, -0.2) is 4.39 Å². The third kappa shape index (κ3) is 3.12. The van der Waals surface area contributed by atoms with E-state index in [0.717, 1.165) is 17.7 Å². The summed E-state index contributed by atoms with van der Waals surface area (Å²) in [6, 6.07) is 10.8. The van der Waals surface area contributed by atoms with Gasteiger partial charge in [-0.2, -0.15) is 0 Å². The zero-order valence-electron chi connectivity index (χ0n) is 10.4. The van der Waals surface area contributed by atoms with Gasteiger partial charge in [-0.15, -0.1) is 0 Å². The van der Waals surface area contributed by atoms with Crippen LogP contribution in [0.1, 0.15) is 17.2 Å². The Labute approximate surface area is 120 Å². The van der Waals surface area contributed by atoms with Gasteiger partial charge in [0.05, 0.1) is 9.95 Å². The van der Waals surface area contributed by atoms with E-state index in [9.17, 15) is 14.5 Å². The van der Waals surface area contributed by atoms with E-state index in [1.807, 2.05) is 30.3 Å². The molecule has 0 fully saturated rings. The van der Waals surface area contributed by atoms with Gasteiger partial charge in [0.1, 0.15) is 5.82 Å². The Morgan fingerprint density at radius 1 is 1.30 bits per heavy atom. The van der Waals surface area contributed by atoms with Crippen molar-refractivity contribution in [2.24, 2.45) is 5.73 Å². The molecule has 2 rings (SSSR count). The summed E-state index contributed by atoms with van der Waals surface area (Å²) in [7, 11) is 0. The van der Waals surface area contributed by atoms with E-state index in [2.05, 4.69) is 0 Å². The fourth-order valence-electron chi connectivity index (χ4n) is 1.97. The molecule has 2 N–H and O–H groups in total. The van der Waals surface area contributed by atoms with Gasteiger partial charge >= 0.3 is 0 Å². The van der Waals surface area contributed by atoms with E-state index in [0.29, 0.717) is 0 Å². The highest BCUT2D eigenvalue weighted by molar-refractivity contribution is 6.31. The summed E-state index contributed by atoms with van der Waals surface area (Å²) in [6.07, 6.45) is 0.161. The Morgan fingerprint density at radius 3 is 2.55 bits per heavy atom. The molecule has 20 heavy (non-hydrogen) atoms. The van der Waals surface area contributed by atoms with Gasteiger partial charge in [-0.3, -0.25) is 10.1 Å². The van der Waals surface area contributed by atoms with Crippen LogP contribution in [0, 0.1) is 15.9 Å². The molecule has 0 aliphatic rings. The third-order valence-corrected chi connectivity index (χ3v) is 3.28. The molecule has 0 spiro atoms. The molecule has 0 aliphatic heterocycles. The first kappa shape index (κ1) is 14.4. The van der Waals surface area contributed by atoms with Crippen LogP contribution in [0.3, 0.4) is 0 Å².